The summed E-state index contributed by atoms with van der Waals surface area (Å²) < 4.78 is 42.0. The molecule has 1 atom stereocenters. The molecule has 2 fully saturated rings. The van der Waals surface area contributed by atoms with Crippen molar-refractivity contribution < 1.29 is 32.7 Å². The van der Waals surface area contributed by atoms with Gasteiger partial charge in [-0.1, -0.05) is 23.7 Å². The minimum absolute atomic E-state index is 0.00542. The van der Waals surface area contributed by atoms with Gasteiger partial charge in [-0.15, -0.1) is 0 Å². The summed E-state index contributed by atoms with van der Waals surface area (Å²) in [5, 5.41) is 13.6. The number of carbonyl (C=O) groups is 3. The number of fused-ring (bicyclic) bond motifs is 1. The zero-order valence-electron chi connectivity index (χ0n) is 21.0. The second kappa shape index (κ2) is 11.3. The lowest BCUT2D eigenvalue weighted by Gasteiger charge is -2.24. The number of carboxylic acids is 1. The van der Waals surface area contributed by atoms with E-state index in [-0.39, 0.29) is 46.4 Å². The second-order valence-electron chi connectivity index (χ2n) is 9.70. The van der Waals surface area contributed by atoms with Crippen LogP contribution in [0.1, 0.15) is 36.0 Å². The van der Waals surface area contributed by atoms with Gasteiger partial charge in [-0.3, -0.25) is 28.9 Å². The predicted octanol–water partition coefficient (Wildman–Crippen LogP) is 5.73. The smallest absolute Gasteiger partial charge is 0.416 e. The molecule has 8 nitrogen and oxygen atoms in total. The largest absolute Gasteiger partial charge is 0.480 e. The Hall–Kier alpha value is -3.35. The van der Waals surface area contributed by atoms with E-state index in [4.69, 9.17) is 16.7 Å². The van der Waals surface area contributed by atoms with Crippen LogP contribution in [0.25, 0.3) is 17.0 Å². The topological polar surface area (TPSA) is 95.7 Å². The van der Waals surface area contributed by atoms with Crippen molar-refractivity contribution in [2.75, 3.05) is 19.6 Å². The molecule has 3 heterocycles. The van der Waals surface area contributed by atoms with E-state index in [1.165, 1.54) is 27.9 Å². The maximum absolute atomic E-state index is 13.5. The fraction of sp³-hybridized carbons (Fsp3) is 0.333. The average molecular weight is 593 g/mol. The summed E-state index contributed by atoms with van der Waals surface area (Å²) in [6.07, 6.45) is 0.785. The van der Waals surface area contributed by atoms with Gasteiger partial charge in [0.25, 0.3) is 11.1 Å². The summed E-state index contributed by atoms with van der Waals surface area (Å²) in [4.78, 5) is 40.0. The third-order valence-corrected chi connectivity index (χ3v) is 8.20. The van der Waals surface area contributed by atoms with E-state index in [0.29, 0.717) is 29.4 Å². The van der Waals surface area contributed by atoms with Crippen molar-refractivity contribution in [1.82, 2.24) is 19.6 Å². The van der Waals surface area contributed by atoms with Crippen molar-refractivity contribution >= 4 is 57.5 Å². The number of amides is 2. The van der Waals surface area contributed by atoms with Gasteiger partial charge < -0.3 is 5.11 Å². The normalized spacial score (nSPS) is 19.4. The monoisotopic (exact) mass is 592 g/mol. The Kier molecular flexibility index (Phi) is 7.94. The standard InChI is InChI=1S/C27H24ClF3N4O4S/c28-19-5-4-17(21(12-19)27(29,30)31)14-35-22-6-3-16(10-18(22)13-32-35)11-23-25(38)34(26(39)40-23)9-7-20-2-1-8-33(20)15-24(36)37/h3-6,10-13,20H,1-2,7-9,14-15H2,(H,36,37)/b23-11-. The van der Waals surface area contributed by atoms with Gasteiger partial charge in [0.15, 0.2) is 0 Å². The van der Waals surface area contributed by atoms with Crippen LogP contribution in [0.3, 0.4) is 0 Å². The fourth-order valence-corrected chi connectivity index (χ4v) is 6.20. The molecule has 210 valence electrons. The molecule has 2 aromatic carbocycles. The zero-order chi connectivity index (χ0) is 28.6. The van der Waals surface area contributed by atoms with Crippen LogP contribution in [0.2, 0.25) is 5.02 Å². The van der Waals surface area contributed by atoms with Crippen molar-refractivity contribution in [1.29, 1.82) is 0 Å². The summed E-state index contributed by atoms with van der Waals surface area (Å²) in [5.41, 5.74) is 0.459. The zero-order valence-corrected chi connectivity index (χ0v) is 22.6. The number of alkyl halides is 3. The van der Waals surface area contributed by atoms with Crippen LogP contribution in [0.5, 0.6) is 0 Å². The number of carboxylic acid groups (broad SMARTS) is 1. The highest BCUT2D eigenvalue weighted by atomic mass is 35.5. The highest BCUT2D eigenvalue weighted by molar-refractivity contribution is 8.18. The highest BCUT2D eigenvalue weighted by Crippen LogP contribution is 2.35. The number of likely N-dealkylation sites (tertiary alicyclic amines) is 1. The molecule has 3 aromatic rings. The molecule has 0 radical (unpaired) electrons. The van der Waals surface area contributed by atoms with Gasteiger partial charge in [0, 0.05) is 23.0 Å². The highest BCUT2D eigenvalue weighted by Gasteiger charge is 2.36. The van der Waals surface area contributed by atoms with E-state index >= 15 is 0 Å². The van der Waals surface area contributed by atoms with E-state index < -0.39 is 23.6 Å². The molecule has 1 unspecified atom stereocenters. The lowest BCUT2D eigenvalue weighted by molar-refractivity contribution is -0.139. The SMILES string of the molecule is O=C(O)CN1CCCC1CCN1C(=O)S/C(=C\c2ccc3c(cnn3Cc3ccc(Cl)cc3C(F)(F)F)c2)C1=O. The molecule has 0 spiro atoms. The van der Waals surface area contributed by atoms with E-state index in [9.17, 15) is 27.6 Å². The maximum atomic E-state index is 13.5. The van der Waals surface area contributed by atoms with Crippen molar-refractivity contribution in [3.63, 3.8) is 0 Å². The number of aliphatic carboxylic acids is 1. The number of imide groups is 1. The number of carbonyl (C=O) groups excluding carboxylic acids is 2. The Labute approximate surface area is 236 Å². The van der Waals surface area contributed by atoms with Crippen molar-refractivity contribution in [3.8, 4) is 0 Å². The van der Waals surface area contributed by atoms with Gasteiger partial charge in [0.2, 0.25) is 0 Å². The van der Waals surface area contributed by atoms with E-state index in [2.05, 4.69) is 5.10 Å². The molecule has 2 amide bonds. The van der Waals surface area contributed by atoms with Crippen LogP contribution >= 0.6 is 23.4 Å². The predicted molar refractivity (Wildman–Crippen MR) is 145 cm³/mol. The molecule has 5 rings (SSSR count). The van der Waals surface area contributed by atoms with Crippen molar-refractivity contribution in [2.24, 2.45) is 0 Å². The van der Waals surface area contributed by atoms with Crippen molar-refractivity contribution in [3.05, 3.63) is 69.2 Å². The van der Waals surface area contributed by atoms with E-state index in [0.717, 1.165) is 30.7 Å². The first-order valence-corrected chi connectivity index (χ1v) is 13.7. The van der Waals surface area contributed by atoms with Crippen LogP contribution in [0.15, 0.2) is 47.5 Å². The van der Waals surface area contributed by atoms with E-state index in [1.54, 1.807) is 24.3 Å². The number of hydrogen-bond acceptors (Lipinski definition) is 6. The number of aromatic nitrogens is 2. The third kappa shape index (κ3) is 6.03. The minimum Gasteiger partial charge on any atom is -0.480 e. The lowest BCUT2D eigenvalue weighted by atomic mass is 10.1. The molecule has 0 bridgehead atoms. The number of rotatable bonds is 8. The Bertz CT molecular complexity index is 1520. The Morgan fingerprint density at radius 1 is 1.20 bits per heavy atom. The Morgan fingerprint density at radius 2 is 2.00 bits per heavy atom. The Balaban J connectivity index is 1.29. The van der Waals surface area contributed by atoms with Crippen LogP contribution in [-0.2, 0) is 22.3 Å². The molecule has 40 heavy (non-hydrogen) atoms. The lowest BCUT2D eigenvalue weighted by Crippen LogP contribution is -2.38. The molecule has 1 aromatic heterocycles. The van der Waals surface area contributed by atoms with Gasteiger partial charge in [0.05, 0.1) is 35.3 Å². The van der Waals surface area contributed by atoms with Crippen molar-refractivity contribution in [2.45, 2.75) is 38.0 Å². The maximum Gasteiger partial charge on any atom is 0.416 e. The van der Waals surface area contributed by atoms with Gasteiger partial charge in [-0.2, -0.15) is 18.3 Å². The quantitative estimate of drug-likeness (QED) is 0.334. The third-order valence-electron chi connectivity index (χ3n) is 7.06. The molecule has 1 N–H and O–H groups in total. The van der Waals surface area contributed by atoms with Crippen LogP contribution in [0, 0.1) is 0 Å². The minimum atomic E-state index is -4.56. The fourth-order valence-electron chi connectivity index (χ4n) is 5.16. The van der Waals surface area contributed by atoms with Gasteiger partial charge in [0.1, 0.15) is 0 Å². The molecule has 2 aliphatic rings. The summed E-state index contributed by atoms with van der Waals surface area (Å²) >= 11 is 6.63. The van der Waals surface area contributed by atoms with Gasteiger partial charge >= 0.3 is 12.1 Å². The van der Waals surface area contributed by atoms with Crippen LogP contribution in [-0.4, -0.2) is 67.5 Å². The van der Waals surface area contributed by atoms with Gasteiger partial charge in [-0.05, 0) is 79.0 Å². The van der Waals surface area contributed by atoms with Crippen LogP contribution < -0.4 is 0 Å². The summed E-state index contributed by atoms with van der Waals surface area (Å²) in [7, 11) is 0. The molecule has 0 saturated carbocycles. The molecule has 2 saturated heterocycles. The molecule has 13 heteroatoms. The molecule has 0 aliphatic carbocycles. The first-order chi connectivity index (χ1) is 19.0. The molecular formula is C27H24ClF3N4O4S. The van der Waals surface area contributed by atoms with E-state index in [1.807, 2.05) is 4.90 Å². The van der Waals surface area contributed by atoms with Crippen LogP contribution in [0.4, 0.5) is 18.0 Å². The average Bonchev–Trinajstić information content (AvgIpc) is 3.56. The Morgan fingerprint density at radius 3 is 2.75 bits per heavy atom. The number of halogens is 4. The number of thioether (sulfide) groups is 1. The summed E-state index contributed by atoms with van der Waals surface area (Å²) in [5.74, 6) is -1.31. The van der Waals surface area contributed by atoms with Gasteiger partial charge in [-0.25, -0.2) is 0 Å². The molecule has 2 aliphatic heterocycles. The first-order valence-electron chi connectivity index (χ1n) is 12.5. The molecular weight excluding hydrogens is 569 g/mol. The first kappa shape index (κ1) is 28.2. The second-order valence-corrected chi connectivity index (χ2v) is 11.1. The summed E-state index contributed by atoms with van der Waals surface area (Å²) in [6, 6.07) is 8.81. The number of benzene rings is 2. The number of hydrogen-bond donors (Lipinski definition) is 1. The number of nitrogens with zero attached hydrogens (tertiary/aromatic N) is 4. The summed E-state index contributed by atoms with van der Waals surface area (Å²) in [6.45, 7) is 0.716.